The minimum absolute atomic E-state index is 0.285. The van der Waals surface area contributed by atoms with E-state index in [0.717, 1.165) is 25.1 Å². The zero-order valence-corrected chi connectivity index (χ0v) is 13.9. The van der Waals surface area contributed by atoms with Crippen molar-refractivity contribution in [2.45, 2.75) is 52.6 Å². The highest BCUT2D eigenvalue weighted by Gasteiger charge is 2.19. The van der Waals surface area contributed by atoms with Gasteiger partial charge in [-0.1, -0.05) is 19.9 Å². The van der Waals surface area contributed by atoms with Crippen LogP contribution in [0.25, 0.3) is 0 Å². The summed E-state index contributed by atoms with van der Waals surface area (Å²) in [6.07, 6.45) is 2.26. The summed E-state index contributed by atoms with van der Waals surface area (Å²) in [4.78, 5) is 2.35. The number of benzene rings is 1. The Morgan fingerprint density at radius 1 is 1.25 bits per heavy atom. The minimum Gasteiger partial charge on any atom is -0.496 e. The van der Waals surface area contributed by atoms with E-state index in [4.69, 9.17) is 4.74 Å². The van der Waals surface area contributed by atoms with Gasteiger partial charge in [0.2, 0.25) is 0 Å². The first-order valence-corrected chi connectivity index (χ1v) is 7.69. The number of rotatable bonds is 8. The maximum absolute atomic E-state index is 5.58. The lowest BCUT2D eigenvalue weighted by molar-refractivity contribution is 0.401. The third-order valence-electron chi connectivity index (χ3n) is 4.03. The van der Waals surface area contributed by atoms with Crippen LogP contribution in [0.4, 0.5) is 5.69 Å². The molecule has 0 aliphatic carbocycles. The molecule has 1 rings (SSSR count). The maximum Gasteiger partial charge on any atom is 0.125 e. The molecule has 1 aromatic rings. The average Bonchev–Trinajstić information content (AvgIpc) is 2.49. The van der Waals surface area contributed by atoms with E-state index in [9.17, 15) is 0 Å². The van der Waals surface area contributed by atoms with Gasteiger partial charge in [0.15, 0.2) is 0 Å². The summed E-state index contributed by atoms with van der Waals surface area (Å²) in [5.74, 6) is 0.966. The van der Waals surface area contributed by atoms with Crippen LogP contribution in [-0.2, 0) is 0 Å². The van der Waals surface area contributed by atoms with Gasteiger partial charge in [0.1, 0.15) is 5.75 Å². The fourth-order valence-electron chi connectivity index (χ4n) is 2.43. The summed E-state index contributed by atoms with van der Waals surface area (Å²) in [6.45, 7) is 9.90. The SMILES string of the molecule is CCCNC(C)c1c(OC)cccc1N(C)C(C)CC. The van der Waals surface area contributed by atoms with E-state index in [2.05, 4.69) is 57.1 Å². The summed E-state index contributed by atoms with van der Waals surface area (Å²) in [5.41, 5.74) is 2.51. The topological polar surface area (TPSA) is 24.5 Å². The zero-order chi connectivity index (χ0) is 15.1. The molecule has 0 saturated carbocycles. The van der Waals surface area contributed by atoms with Gasteiger partial charge in [0, 0.05) is 30.4 Å². The molecule has 114 valence electrons. The molecular formula is C17H30N2O. The van der Waals surface area contributed by atoms with Crippen molar-refractivity contribution in [3.63, 3.8) is 0 Å². The van der Waals surface area contributed by atoms with Crippen molar-refractivity contribution in [2.75, 3.05) is 25.6 Å². The Kier molecular flexibility index (Phi) is 6.86. The first-order chi connectivity index (χ1) is 9.56. The molecule has 0 aliphatic heterocycles. The molecule has 20 heavy (non-hydrogen) atoms. The number of ether oxygens (including phenoxy) is 1. The van der Waals surface area contributed by atoms with E-state index < -0.39 is 0 Å². The van der Waals surface area contributed by atoms with Gasteiger partial charge in [-0.05, 0) is 45.4 Å². The van der Waals surface area contributed by atoms with E-state index >= 15 is 0 Å². The van der Waals surface area contributed by atoms with E-state index in [0.29, 0.717) is 6.04 Å². The normalized spacial score (nSPS) is 13.9. The Bertz CT molecular complexity index is 406. The van der Waals surface area contributed by atoms with Crippen molar-refractivity contribution in [1.29, 1.82) is 0 Å². The highest BCUT2D eigenvalue weighted by atomic mass is 16.5. The van der Waals surface area contributed by atoms with E-state index in [-0.39, 0.29) is 6.04 Å². The first-order valence-electron chi connectivity index (χ1n) is 7.69. The molecule has 1 N–H and O–H groups in total. The van der Waals surface area contributed by atoms with Crippen LogP contribution in [0.3, 0.4) is 0 Å². The highest BCUT2D eigenvalue weighted by molar-refractivity contribution is 5.61. The molecule has 3 heteroatoms. The Hall–Kier alpha value is -1.22. The lowest BCUT2D eigenvalue weighted by atomic mass is 10.0. The fourth-order valence-corrected chi connectivity index (χ4v) is 2.43. The van der Waals surface area contributed by atoms with Gasteiger partial charge < -0.3 is 15.0 Å². The van der Waals surface area contributed by atoms with Crippen LogP contribution in [-0.4, -0.2) is 26.7 Å². The number of hydrogen-bond donors (Lipinski definition) is 1. The van der Waals surface area contributed by atoms with Crippen LogP contribution in [0.1, 0.15) is 52.1 Å². The maximum atomic E-state index is 5.58. The molecule has 0 amide bonds. The van der Waals surface area contributed by atoms with Crippen LogP contribution >= 0.6 is 0 Å². The summed E-state index contributed by atoms with van der Waals surface area (Å²) in [5, 5.41) is 3.57. The fraction of sp³-hybridized carbons (Fsp3) is 0.647. The Morgan fingerprint density at radius 2 is 1.95 bits per heavy atom. The van der Waals surface area contributed by atoms with Crippen LogP contribution in [0.2, 0.25) is 0 Å². The number of nitrogens with zero attached hydrogens (tertiary/aromatic N) is 1. The zero-order valence-electron chi connectivity index (χ0n) is 13.9. The van der Waals surface area contributed by atoms with E-state index in [1.807, 2.05) is 6.07 Å². The predicted molar refractivity (Wildman–Crippen MR) is 87.9 cm³/mol. The molecule has 0 saturated heterocycles. The average molecular weight is 278 g/mol. The predicted octanol–water partition coefficient (Wildman–Crippen LogP) is 3.99. The second-order valence-electron chi connectivity index (χ2n) is 5.44. The van der Waals surface area contributed by atoms with Gasteiger partial charge in [-0.2, -0.15) is 0 Å². The molecule has 2 unspecified atom stereocenters. The van der Waals surface area contributed by atoms with Crippen LogP contribution in [0.15, 0.2) is 18.2 Å². The van der Waals surface area contributed by atoms with Gasteiger partial charge in [0.05, 0.1) is 7.11 Å². The summed E-state index contributed by atoms with van der Waals surface area (Å²) < 4.78 is 5.58. The molecule has 0 spiro atoms. The third kappa shape index (κ3) is 3.89. The molecule has 0 fully saturated rings. The molecule has 0 heterocycles. The molecular weight excluding hydrogens is 248 g/mol. The van der Waals surface area contributed by atoms with E-state index in [1.54, 1.807) is 7.11 Å². The smallest absolute Gasteiger partial charge is 0.125 e. The second kappa shape index (κ2) is 8.15. The molecule has 3 nitrogen and oxygen atoms in total. The number of anilines is 1. The van der Waals surface area contributed by atoms with Gasteiger partial charge in [-0.15, -0.1) is 0 Å². The van der Waals surface area contributed by atoms with Crippen molar-refractivity contribution in [2.24, 2.45) is 0 Å². The van der Waals surface area contributed by atoms with Crippen molar-refractivity contribution in [3.05, 3.63) is 23.8 Å². The first kappa shape index (κ1) is 16.8. The van der Waals surface area contributed by atoms with Gasteiger partial charge in [0.25, 0.3) is 0 Å². The summed E-state index contributed by atoms with van der Waals surface area (Å²) in [6, 6.07) is 7.11. The monoisotopic (exact) mass is 278 g/mol. The Labute approximate surface area is 124 Å². The van der Waals surface area contributed by atoms with Gasteiger partial charge in [-0.3, -0.25) is 0 Å². The molecule has 1 aromatic carbocycles. The number of methoxy groups -OCH3 is 1. The van der Waals surface area contributed by atoms with E-state index in [1.165, 1.54) is 11.3 Å². The largest absolute Gasteiger partial charge is 0.496 e. The Balaban J connectivity index is 3.16. The van der Waals surface area contributed by atoms with Crippen molar-refractivity contribution in [1.82, 2.24) is 5.32 Å². The molecule has 0 aromatic heterocycles. The Morgan fingerprint density at radius 3 is 2.50 bits per heavy atom. The minimum atomic E-state index is 0.285. The van der Waals surface area contributed by atoms with Crippen LogP contribution in [0.5, 0.6) is 5.75 Å². The lowest BCUT2D eigenvalue weighted by Gasteiger charge is -2.31. The second-order valence-corrected chi connectivity index (χ2v) is 5.44. The number of hydrogen-bond acceptors (Lipinski definition) is 3. The molecule has 0 aliphatic rings. The molecule has 0 bridgehead atoms. The van der Waals surface area contributed by atoms with Crippen molar-refractivity contribution in [3.8, 4) is 5.75 Å². The van der Waals surface area contributed by atoms with Crippen molar-refractivity contribution < 1.29 is 4.74 Å². The van der Waals surface area contributed by atoms with Gasteiger partial charge in [-0.25, -0.2) is 0 Å². The summed E-state index contributed by atoms with van der Waals surface area (Å²) >= 11 is 0. The standard InChI is InChI=1S/C17H30N2O/c1-7-12-18-14(4)17-15(19(5)13(3)8-2)10-9-11-16(17)20-6/h9-11,13-14,18H,7-8,12H2,1-6H3. The third-order valence-corrected chi connectivity index (χ3v) is 4.03. The van der Waals surface area contributed by atoms with Crippen LogP contribution < -0.4 is 15.0 Å². The highest BCUT2D eigenvalue weighted by Crippen LogP contribution is 2.35. The molecule has 0 radical (unpaired) electrons. The number of nitrogens with one attached hydrogen (secondary N) is 1. The molecule has 2 atom stereocenters. The van der Waals surface area contributed by atoms with Crippen molar-refractivity contribution >= 4 is 5.69 Å². The lowest BCUT2D eigenvalue weighted by Crippen LogP contribution is -2.30. The quantitative estimate of drug-likeness (QED) is 0.778. The summed E-state index contributed by atoms with van der Waals surface area (Å²) in [7, 11) is 3.91. The van der Waals surface area contributed by atoms with Gasteiger partial charge >= 0.3 is 0 Å². The van der Waals surface area contributed by atoms with Crippen LogP contribution in [0, 0.1) is 0 Å².